The molecule has 2 bridgehead atoms. The van der Waals surface area contributed by atoms with Crippen LogP contribution in [0.5, 0.6) is 0 Å². The Morgan fingerprint density at radius 1 is 1.15 bits per heavy atom. The number of benzene rings is 1. The van der Waals surface area contributed by atoms with E-state index < -0.39 is 35.6 Å². The number of aliphatic hydroxyl groups excluding tert-OH is 1. The molecule has 3 heterocycles. The molecule has 9 nitrogen and oxygen atoms in total. The summed E-state index contributed by atoms with van der Waals surface area (Å²) < 4.78 is 6.39. The number of ether oxygens (including phenoxy) is 1. The van der Waals surface area contributed by atoms with E-state index in [2.05, 4.69) is 41.3 Å². The highest BCUT2D eigenvalue weighted by Gasteiger charge is 2.76. The van der Waals surface area contributed by atoms with Crippen LogP contribution in [0, 0.1) is 11.8 Å². The molecule has 2 N–H and O–H groups in total. The number of aliphatic hydroxyl groups is 1. The Labute approximate surface area is 238 Å². The van der Waals surface area contributed by atoms with Gasteiger partial charge in [-0.05, 0) is 57.4 Å². The molecule has 3 aliphatic heterocycles. The molecule has 2 amide bonds. The van der Waals surface area contributed by atoms with Crippen LogP contribution in [0.15, 0.2) is 36.9 Å². The van der Waals surface area contributed by atoms with Gasteiger partial charge in [-0.15, -0.1) is 6.58 Å². The van der Waals surface area contributed by atoms with Gasteiger partial charge in [-0.2, -0.15) is 0 Å². The standard InChI is InChI=1S/C29H40BrN3O6/c1-4-15-32(20-13-11-19(12-14-20)31(5-2)6-3)27(36)25-29-18-21(30)24(39-29)22(28(37)38)23(29)26(35)33(25)16-9-7-8-10-17-34/h4,11-14,21-25,34H,1,5-10,15-18H2,2-3H3,(H,37,38)/t21?,22-,23-,24-,25?,29?/m0/s1. The highest BCUT2D eigenvalue weighted by atomic mass is 79.9. The van der Waals surface area contributed by atoms with Crippen molar-refractivity contribution in [2.75, 3.05) is 42.6 Å². The van der Waals surface area contributed by atoms with Crippen LogP contribution in [-0.4, -0.2) is 88.3 Å². The van der Waals surface area contributed by atoms with Crippen LogP contribution in [0.1, 0.15) is 46.0 Å². The Balaban J connectivity index is 1.69. The maximum atomic E-state index is 14.5. The number of alkyl halides is 1. The second-order valence-corrected chi connectivity index (χ2v) is 11.8. The number of likely N-dealkylation sites (tertiary alicyclic amines) is 1. The zero-order chi connectivity index (χ0) is 28.3. The van der Waals surface area contributed by atoms with Gasteiger partial charge in [-0.1, -0.05) is 34.8 Å². The van der Waals surface area contributed by atoms with E-state index in [9.17, 15) is 19.5 Å². The van der Waals surface area contributed by atoms with Crippen LogP contribution in [0.25, 0.3) is 0 Å². The van der Waals surface area contributed by atoms with Crippen molar-refractivity contribution < 1.29 is 29.3 Å². The average Bonchev–Trinajstić information content (AvgIpc) is 3.51. The van der Waals surface area contributed by atoms with E-state index in [1.165, 1.54) is 0 Å². The zero-order valence-corrected chi connectivity index (χ0v) is 24.4. The van der Waals surface area contributed by atoms with E-state index in [1.807, 2.05) is 24.3 Å². The van der Waals surface area contributed by atoms with E-state index in [-0.39, 0.29) is 29.8 Å². The molecule has 6 atom stereocenters. The molecule has 1 spiro atoms. The third kappa shape index (κ3) is 5.23. The average molecular weight is 607 g/mol. The van der Waals surface area contributed by atoms with Gasteiger partial charge in [0.15, 0.2) is 0 Å². The van der Waals surface area contributed by atoms with Crippen LogP contribution in [0.4, 0.5) is 11.4 Å². The van der Waals surface area contributed by atoms with Gasteiger partial charge in [-0.3, -0.25) is 14.4 Å². The van der Waals surface area contributed by atoms with Gasteiger partial charge < -0.3 is 29.6 Å². The summed E-state index contributed by atoms with van der Waals surface area (Å²) >= 11 is 3.59. The first-order chi connectivity index (χ1) is 18.7. The molecule has 3 saturated heterocycles. The number of hydrogen-bond donors (Lipinski definition) is 2. The van der Waals surface area contributed by atoms with Crippen LogP contribution in [-0.2, 0) is 19.1 Å². The Morgan fingerprint density at radius 3 is 2.38 bits per heavy atom. The monoisotopic (exact) mass is 605 g/mol. The van der Waals surface area contributed by atoms with Gasteiger partial charge in [-0.25, -0.2) is 0 Å². The van der Waals surface area contributed by atoms with Crippen molar-refractivity contribution in [3.8, 4) is 0 Å². The van der Waals surface area contributed by atoms with Crippen molar-refractivity contribution >= 4 is 45.1 Å². The predicted octanol–water partition coefficient (Wildman–Crippen LogP) is 3.44. The van der Waals surface area contributed by atoms with E-state index in [1.54, 1.807) is 15.9 Å². The number of fused-ring (bicyclic) bond motifs is 1. The maximum Gasteiger partial charge on any atom is 0.310 e. The maximum absolute atomic E-state index is 14.5. The number of rotatable bonds is 14. The first-order valence-electron chi connectivity index (χ1n) is 14.0. The Morgan fingerprint density at radius 2 is 1.79 bits per heavy atom. The largest absolute Gasteiger partial charge is 0.481 e. The third-order valence-electron chi connectivity index (χ3n) is 8.48. The number of carbonyl (C=O) groups excluding carboxylic acids is 2. The summed E-state index contributed by atoms with van der Waals surface area (Å²) in [7, 11) is 0. The molecule has 3 fully saturated rings. The van der Waals surface area contributed by atoms with Crippen molar-refractivity contribution in [1.82, 2.24) is 4.90 Å². The molecule has 0 radical (unpaired) electrons. The lowest BCUT2D eigenvalue weighted by Gasteiger charge is -2.37. The molecule has 4 rings (SSSR count). The number of carboxylic acids is 1. The van der Waals surface area contributed by atoms with Gasteiger partial charge in [0, 0.05) is 49.0 Å². The van der Waals surface area contributed by atoms with Gasteiger partial charge >= 0.3 is 5.97 Å². The zero-order valence-electron chi connectivity index (χ0n) is 22.8. The lowest BCUT2D eigenvalue weighted by Crippen LogP contribution is -2.57. The second-order valence-electron chi connectivity index (χ2n) is 10.6. The highest BCUT2D eigenvalue weighted by molar-refractivity contribution is 9.09. The fourth-order valence-corrected chi connectivity index (χ4v) is 7.65. The molecule has 1 aromatic carbocycles. The van der Waals surface area contributed by atoms with Gasteiger partial charge in [0.05, 0.1) is 17.9 Å². The number of amides is 2. The van der Waals surface area contributed by atoms with Gasteiger partial charge in [0.2, 0.25) is 5.91 Å². The Kier molecular flexibility index (Phi) is 9.39. The molecule has 10 heteroatoms. The first kappa shape index (κ1) is 29.6. The lowest BCUT2D eigenvalue weighted by atomic mass is 9.70. The number of hydrogen-bond acceptors (Lipinski definition) is 6. The van der Waals surface area contributed by atoms with Crippen LogP contribution in [0.3, 0.4) is 0 Å². The summed E-state index contributed by atoms with van der Waals surface area (Å²) in [5.74, 6) is -3.60. The number of halogens is 1. The molecular weight excluding hydrogens is 566 g/mol. The number of anilines is 2. The smallest absolute Gasteiger partial charge is 0.310 e. The van der Waals surface area contributed by atoms with Crippen LogP contribution in [0.2, 0.25) is 0 Å². The molecular formula is C29H40BrN3O6. The number of aliphatic carboxylic acids is 1. The fraction of sp³-hybridized carbons (Fsp3) is 0.621. The summed E-state index contributed by atoms with van der Waals surface area (Å²) in [6, 6.07) is 6.84. The van der Waals surface area contributed by atoms with E-state index in [0.29, 0.717) is 31.5 Å². The summed E-state index contributed by atoms with van der Waals surface area (Å²) in [4.78, 5) is 45.8. The van der Waals surface area contributed by atoms with Crippen molar-refractivity contribution in [1.29, 1.82) is 0 Å². The van der Waals surface area contributed by atoms with E-state index in [0.717, 1.165) is 31.6 Å². The fourth-order valence-electron chi connectivity index (χ4n) is 6.71. The molecule has 1 aromatic rings. The van der Waals surface area contributed by atoms with Crippen molar-refractivity contribution in [3.05, 3.63) is 36.9 Å². The topological polar surface area (TPSA) is 111 Å². The predicted molar refractivity (Wildman–Crippen MR) is 153 cm³/mol. The summed E-state index contributed by atoms with van der Waals surface area (Å²) in [6.45, 7) is 10.5. The third-order valence-corrected chi connectivity index (χ3v) is 9.33. The van der Waals surface area contributed by atoms with Crippen LogP contribution < -0.4 is 9.80 Å². The van der Waals surface area contributed by atoms with Gasteiger partial charge in [0.1, 0.15) is 11.6 Å². The van der Waals surface area contributed by atoms with Crippen molar-refractivity contribution in [2.45, 2.75) is 68.5 Å². The first-order valence-corrected chi connectivity index (χ1v) is 14.9. The lowest BCUT2D eigenvalue weighted by molar-refractivity contribution is -0.149. The minimum absolute atomic E-state index is 0.112. The molecule has 0 saturated carbocycles. The summed E-state index contributed by atoms with van der Waals surface area (Å²) in [6.07, 6.45) is 4.30. The van der Waals surface area contributed by atoms with E-state index >= 15 is 0 Å². The molecule has 214 valence electrons. The quantitative estimate of drug-likeness (QED) is 0.190. The highest BCUT2D eigenvalue weighted by Crippen LogP contribution is 2.60. The minimum Gasteiger partial charge on any atom is -0.481 e. The van der Waals surface area contributed by atoms with E-state index in [4.69, 9.17) is 9.84 Å². The molecule has 3 unspecified atom stereocenters. The van der Waals surface area contributed by atoms with Crippen molar-refractivity contribution in [3.63, 3.8) is 0 Å². The number of unbranched alkanes of at least 4 members (excludes halogenated alkanes) is 3. The summed E-state index contributed by atoms with van der Waals surface area (Å²) in [5.41, 5.74) is 0.531. The summed E-state index contributed by atoms with van der Waals surface area (Å²) in [5, 5.41) is 19.2. The molecule has 39 heavy (non-hydrogen) atoms. The molecule has 0 aliphatic carbocycles. The SMILES string of the molecule is C=CCN(C(=O)C1N(CCCCCCO)C(=O)[C@@H]2[C@H](C(=O)O)[C@H]3OC12CC3Br)c1ccc(N(CC)CC)cc1. The number of nitrogens with zero attached hydrogens (tertiary/aromatic N) is 3. The second kappa shape index (κ2) is 12.4. The molecule has 3 aliphatic rings. The number of carbonyl (C=O) groups is 3. The van der Waals surface area contributed by atoms with Crippen LogP contribution >= 0.6 is 15.9 Å². The Hall–Kier alpha value is -2.43. The normalized spacial score (nSPS) is 29.0. The minimum atomic E-state index is -1.21. The molecule has 0 aromatic heterocycles. The number of carboxylic acid groups (broad SMARTS) is 1. The van der Waals surface area contributed by atoms with Crippen molar-refractivity contribution in [2.24, 2.45) is 11.8 Å². The van der Waals surface area contributed by atoms with Gasteiger partial charge in [0.25, 0.3) is 5.91 Å². The Bertz CT molecular complexity index is 1060.